The van der Waals surface area contributed by atoms with E-state index in [1.165, 1.54) is 12.0 Å². The number of nitrogens with zero attached hydrogens (tertiary/aromatic N) is 2. The fourth-order valence-electron chi connectivity index (χ4n) is 3.09. The van der Waals surface area contributed by atoms with Crippen molar-refractivity contribution >= 4 is 5.91 Å². The van der Waals surface area contributed by atoms with E-state index < -0.39 is 0 Å². The van der Waals surface area contributed by atoms with Crippen molar-refractivity contribution in [3.05, 3.63) is 35.4 Å². The molecule has 1 fully saturated rings. The van der Waals surface area contributed by atoms with Crippen molar-refractivity contribution in [1.82, 2.24) is 15.1 Å². The molecule has 0 aromatic heterocycles. The Morgan fingerprint density at radius 2 is 1.95 bits per heavy atom. The van der Waals surface area contributed by atoms with Crippen LogP contribution in [0.5, 0.6) is 0 Å². The highest BCUT2D eigenvalue weighted by Gasteiger charge is 2.30. The van der Waals surface area contributed by atoms with Crippen LogP contribution in [0.15, 0.2) is 24.3 Å². The molecule has 1 unspecified atom stereocenters. The number of carbonyl (C=O) groups excluding carboxylic acids is 1. The van der Waals surface area contributed by atoms with E-state index >= 15 is 0 Å². The lowest BCUT2D eigenvalue weighted by Gasteiger charge is -2.31. The lowest BCUT2D eigenvalue weighted by Crippen LogP contribution is -2.37. The topological polar surface area (TPSA) is 35.6 Å². The Kier molecular flexibility index (Phi) is 5.59. The zero-order chi connectivity index (χ0) is 16.2. The zero-order valence-corrected chi connectivity index (χ0v) is 14.4. The molecule has 0 radical (unpaired) electrons. The molecule has 1 amide bonds. The smallest absolute Gasteiger partial charge is 0.253 e. The molecule has 0 saturated carbocycles. The van der Waals surface area contributed by atoms with Gasteiger partial charge >= 0.3 is 0 Å². The quantitative estimate of drug-likeness (QED) is 0.875. The van der Waals surface area contributed by atoms with Crippen LogP contribution in [0.4, 0.5) is 0 Å². The van der Waals surface area contributed by atoms with Crippen LogP contribution < -0.4 is 5.32 Å². The van der Waals surface area contributed by atoms with Gasteiger partial charge in [-0.05, 0) is 42.6 Å². The van der Waals surface area contributed by atoms with Crippen LogP contribution in [0.3, 0.4) is 0 Å². The minimum absolute atomic E-state index is 0.0587. The van der Waals surface area contributed by atoms with Crippen molar-refractivity contribution in [2.45, 2.75) is 26.8 Å². The Morgan fingerprint density at radius 1 is 1.27 bits per heavy atom. The van der Waals surface area contributed by atoms with Crippen LogP contribution in [0.1, 0.15) is 36.2 Å². The average Bonchev–Trinajstić information content (AvgIpc) is 2.93. The Morgan fingerprint density at radius 3 is 2.45 bits per heavy atom. The normalized spacial score (nSPS) is 21.3. The molecule has 1 aromatic rings. The highest BCUT2D eigenvalue weighted by Crippen LogP contribution is 2.26. The second kappa shape index (κ2) is 7.25. The summed E-state index contributed by atoms with van der Waals surface area (Å²) in [6, 6.07) is 8.03. The largest absolute Gasteiger partial charge is 0.345 e. The maximum absolute atomic E-state index is 11.9. The highest BCUT2D eigenvalue weighted by atomic mass is 16.2. The molecule has 4 nitrogen and oxygen atoms in total. The number of hydrogen-bond donors (Lipinski definition) is 1. The van der Waals surface area contributed by atoms with Gasteiger partial charge in [0.05, 0.1) is 0 Å². The predicted molar refractivity (Wildman–Crippen MR) is 91.0 cm³/mol. The number of hydrogen-bond acceptors (Lipinski definition) is 3. The maximum atomic E-state index is 11.9. The number of nitrogens with one attached hydrogen (secondary N) is 1. The van der Waals surface area contributed by atoms with Crippen molar-refractivity contribution in [2.24, 2.45) is 5.41 Å². The summed E-state index contributed by atoms with van der Waals surface area (Å²) in [5.41, 5.74) is 2.41. The molecular formula is C18H29N3O. The number of amides is 1. The molecule has 0 bridgehead atoms. The fraction of sp³-hybridized carbons (Fsp3) is 0.611. The number of carbonyl (C=O) groups is 1. The highest BCUT2D eigenvalue weighted by molar-refractivity contribution is 5.93. The minimum Gasteiger partial charge on any atom is -0.345 e. The van der Waals surface area contributed by atoms with Gasteiger partial charge in [-0.2, -0.15) is 0 Å². The summed E-state index contributed by atoms with van der Waals surface area (Å²) >= 11 is 0. The third kappa shape index (κ3) is 4.31. The third-order valence-corrected chi connectivity index (χ3v) is 4.52. The first-order valence-electron chi connectivity index (χ1n) is 8.17. The van der Waals surface area contributed by atoms with Crippen LogP contribution in [0.2, 0.25) is 0 Å². The molecule has 0 aliphatic carbocycles. The molecule has 1 heterocycles. The first kappa shape index (κ1) is 17.0. The maximum Gasteiger partial charge on any atom is 0.253 e. The van der Waals surface area contributed by atoms with Gasteiger partial charge in [0.1, 0.15) is 0 Å². The van der Waals surface area contributed by atoms with Crippen molar-refractivity contribution < 1.29 is 4.79 Å². The Hall–Kier alpha value is -1.39. The van der Waals surface area contributed by atoms with E-state index in [0.717, 1.165) is 38.3 Å². The second-order valence-electron chi connectivity index (χ2n) is 6.94. The first-order chi connectivity index (χ1) is 10.4. The molecule has 4 heteroatoms. The molecule has 0 spiro atoms. The van der Waals surface area contributed by atoms with E-state index in [2.05, 4.69) is 36.2 Å². The SMILES string of the molecule is CCN(Cc1ccc(C(=O)N(C)C)cc1)CC1(C)CCNC1. The Balaban J connectivity index is 1.97. The Bertz CT molecular complexity index is 490. The summed E-state index contributed by atoms with van der Waals surface area (Å²) < 4.78 is 0. The van der Waals surface area contributed by atoms with Crippen LogP contribution in [-0.2, 0) is 6.54 Å². The summed E-state index contributed by atoms with van der Waals surface area (Å²) in [6.45, 7) is 9.95. The van der Waals surface area contributed by atoms with Crippen LogP contribution in [0.25, 0.3) is 0 Å². The molecule has 1 atom stereocenters. The molecule has 22 heavy (non-hydrogen) atoms. The van der Waals surface area contributed by atoms with E-state index in [0.29, 0.717) is 5.41 Å². The minimum atomic E-state index is 0.0587. The fourth-order valence-corrected chi connectivity index (χ4v) is 3.09. The van der Waals surface area contributed by atoms with E-state index in [1.54, 1.807) is 19.0 Å². The van der Waals surface area contributed by atoms with E-state index in [9.17, 15) is 4.79 Å². The second-order valence-corrected chi connectivity index (χ2v) is 6.94. The molecule has 122 valence electrons. The van der Waals surface area contributed by atoms with Gasteiger partial charge in [-0.25, -0.2) is 0 Å². The zero-order valence-electron chi connectivity index (χ0n) is 14.4. The Labute approximate surface area is 134 Å². The van der Waals surface area contributed by atoms with E-state index in [4.69, 9.17) is 0 Å². The average molecular weight is 303 g/mol. The molecule has 1 N–H and O–H groups in total. The van der Waals surface area contributed by atoms with Crippen molar-refractivity contribution in [3.63, 3.8) is 0 Å². The molecule has 1 aliphatic rings. The summed E-state index contributed by atoms with van der Waals surface area (Å²) in [5, 5.41) is 3.47. The summed E-state index contributed by atoms with van der Waals surface area (Å²) in [7, 11) is 3.57. The van der Waals surface area contributed by atoms with Crippen molar-refractivity contribution in [3.8, 4) is 0 Å². The number of rotatable bonds is 6. The van der Waals surface area contributed by atoms with Crippen LogP contribution in [-0.4, -0.2) is 56.0 Å². The van der Waals surface area contributed by atoms with Gasteiger partial charge < -0.3 is 10.2 Å². The standard InChI is InChI=1S/C18H29N3O/c1-5-21(14-18(2)10-11-19-13-18)12-15-6-8-16(9-7-15)17(22)20(3)4/h6-9,19H,5,10-14H2,1-4H3. The first-order valence-corrected chi connectivity index (χ1v) is 8.17. The van der Waals surface area contributed by atoms with E-state index in [-0.39, 0.29) is 5.91 Å². The molecule has 1 aromatic carbocycles. The summed E-state index contributed by atoms with van der Waals surface area (Å²) in [6.07, 6.45) is 1.25. The van der Waals surface area contributed by atoms with Gasteiger partial charge in [0.15, 0.2) is 0 Å². The van der Waals surface area contributed by atoms with Gasteiger partial charge in [0, 0.05) is 39.3 Å². The molecule has 1 saturated heterocycles. The van der Waals surface area contributed by atoms with Gasteiger partial charge in [-0.15, -0.1) is 0 Å². The van der Waals surface area contributed by atoms with Gasteiger partial charge in [-0.1, -0.05) is 26.0 Å². The lowest BCUT2D eigenvalue weighted by molar-refractivity contribution is 0.0827. The molecular weight excluding hydrogens is 274 g/mol. The number of benzene rings is 1. The van der Waals surface area contributed by atoms with Crippen molar-refractivity contribution in [1.29, 1.82) is 0 Å². The van der Waals surface area contributed by atoms with Crippen molar-refractivity contribution in [2.75, 3.05) is 40.3 Å². The van der Waals surface area contributed by atoms with Crippen LogP contribution >= 0.6 is 0 Å². The third-order valence-electron chi connectivity index (χ3n) is 4.52. The van der Waals surface area contributed by atoms with Gasteiger partial charge in [0.2, 0.25) is 0 Å². The van der Waals surface area contributed by atoms with Crippen LogP contribution in [0, 0.1) is 5.41 Å². The lowest BCUT2D eigenvalue weighted by atomic mass is 9.89. The van der Waals surface area contributed by atoms with E-state index in [1.807, 2.05) is 12.1 Å². The van der Waals surface area contributed by atoms with Gasteiger partial charge in [-0.3, -0.25) is 9.69 Å². The predicted octanol–water partition coefficient (Wildman–Crippen LogP) is 2.21. The van der Waals surface area contributed by atoms with Gasteiger partial charge in [0.25, 0.3) is 5.91 Å². The molecule has 1 aliphatic heterocycles. The summed E-state index contributed by atoms with van der Waals surface area (Å²) in [5.74, 6) is 0.0587. The molecule has 2 rings (SSSR count). The summed E-state index contributed by atoms with van der Waals surface area (Å²) in [4.78, 5) is 16.0. The monoisotopic (exact) mass is 303 g/mol.